The molecule has 21 heavy (non-hydrogen) atoms. The molecule has 2 amide bonds. The molecule has 1 atom stereocenters. The summed E-state index contributed by atoms with van der Waals surface area (Å²) in [5.74, 6) is -0.188. The number of aryl methyl sites for hydroxylation is 2. The highest BCUT2D eigenvalue weighted by atomic mass is 16.5. The van der Waals surface area contributed by atoms with Crippen LogP contribution < -0.4 is 4.90 Å². The second-order valence-corrected chi connectivity index (χ2v) is 5.45. The molecular weight excluding hydrogens is 268 g/mol. The number of anilines is 1. The molecule has 1 aliphatic rings. The zero-order valence-corrected chi connectivity index (χ0v) is 13.0. The number of carbonyl (C=O) groups excluding carboxylic acids is 2. The van der Waals surface area contributed by atoms with Gasteiger partial charge < -0.3 is 14.5 Å². The third-order valence-electron chi connectivity index (χ3n) is 4.05. The normalized spacial score (nSPS) is 19.0. The molecule has 1 aromatic rings. The third kappa shape index (κ3) is 3.08. The van der Waals surface area contributed by atoms with Crippen molar-refractivity contribution in [1.29, 1.82) is 0 Å². The summed E-state index contributed by atoms with van der Waals surface area (Å²) in [5, 5.41) is 0. The van der Waals surface area contributed by atoms with Gasteiger partial charge in [0.2, 0.25) is 11.8 Å². The molecule has 1 unspecified atom stereocenters. The summed E-state index contributed by atoms with van der Waals surface area (Å²) >= 11 is 0. The van der Waals surface area contributed by atoms with E-state index in [4.69, 9.17) is 4.74 Å². The minimum Gasteiger partial charge on any atom is -0.375 e. The monoisotopic (exact) mass is 290 g/mol. The standard InChI is InChI=1S/C16H22N2O3/c1-11-5-6-14(9-12(11)2)18-8-7-17(13(3)16(18)20)15(19)10-21-4/h5-6,9,13H,7-8,10H2,1-4H3. The van der Waals surface area contributed by atoms with Gasteiger partial charge in [-0.15, -0.1) is 0 Å². The summed E-state index contributed by atoms with van der Waals surface area (Å²) in [6.45, 7) is 6.91. The molecule has 0 bridgehead atoms. The first-order valence-corrected chi connectivity index (χ1v) is 7.12. The van der Waals surface area contributed by atoms with Gasteiger partial charge in [-0.25, -0.2) is 0 Å². The Morgan fingerprint density at radius 1 is 1.29 bits per heavy atom. The van der Waals surface area contributed by atoms with Crippen LogP contribution in [-0.4, -0.2) is 49.6 Å². The van der Waals surface area contributed by atoms with Gasteiger partial charge in [-0.1, -0.05) is 6.07 Å². The molecule has 0 saturated carbocycles. The number of nitrogens with zero attached hydrogens (tertiary/aromatic N) is 2. The van der Waals surface area contributed by atoms with Gasteiger partial charge in [0.15, 0.2) is 0 Å². The van der Waals surface area contributed by atoms with Crippen LogP contribution >= 0.6 is 0 Å². The Labute approximate surface area is 125 Å². The van der Waals surface area contributed by atoms with E-state index in [-0.39, 0.29) is 18.4 Å². The lowest BCUT2D eigenvalue weighted by Gasteiger charge is -2.39. The van der Waals surface area contributed by atoms with Crippen LogP contribution in [0.3, 0.4) is 0 Å². The van der Waals surface area contributed by atoms with Gasteiger partial charge in [0.25, 0.3) is 0 Å². The zero-order chi connectivity index (χ0) is 15.6. The Hall–Kier alpha value is -1.88. The summed E-state index contributed by atoms with van der Waals surface area (Å²) in [7, 11) is 1.48. The van der Waals surface area contributed by atoms with Crippen molar-refractivity contribution < 1.29 is 14.3 Å². The lowest BCUT2D eigenvalue weighted by Crippen LogP contribution is -2.58. The maximum atomic E-state index is 12.5. The van der Waals surface area contributed by atoms with Gasteiger partial charge in [-0.05, 0) is 44.0 Å². The number of ether oxygens (including phenoxy) is 1. The topological polar surface area (TPSA) is 49.9 Å². The number of benzene rings is 1. The molecule has 0 spiro atoms. The van der Waals surface area contributed by atoms with Crippen molar-refractivity contribution in [2.45, 2.75) is 26.8 Å². The lowest BCUT2D eigenvalue weighted by molar-refractivity contribution is -0.143. The average molecular weight is 290 g/mol. The van der Waals surface area contributed by atoms with E-state index in [1.807, 2.05) is 32.0 Å². The van der Waals surface area contributed by atoms with Gasteiger partial charge in [-0.2, -0.15) is 0 Å². The van der Waals surface area contributed by atoms with Crippen molar-refractivity contribution in [2.24, 2.45) is 0 Å². The van der Waals surface area contributed by atoms with Crippen LogP contribution in [0.4, 0.5) is 5.69 Å². The van der Waals surface area contributed by atoms with Gasteiger partial charge in [-0.3, -0.25) is 9.59 Å². The first-order valence-electron chi connectivity index (χ1n) is 7.12. The maximum Gasteiger partial charge on any atom is 0.249 e. The molecule has 1 saturated heterocycles. The van der Waals surface area contributed by atoms with Crippen LogP contribution in [0.5, 0.6) is 0 Å². The van der Waals surface area contributed by atoms with Gasteiger partial charge >= 0.3 is 0 Å². The van der Waals surface area contributed by atoms with Crippen LogP contribution in [0, 0.1) is 13.8 Å². The van der Waals surface area contributed by atoms with E-state index < -0.39 is 6.04 Å². The summed E-state index contributed by atoms with van der Waals surface area (Å²) < 4.78 is 4.86. The molecule has 5 nitrogen and oxygen atoms in total. The van der Waals surface area contributed by atoms with Crippen molar-refractivity contribution in [1.82, 2.24) is 4.90 Å². The number of hydrogen-bond donors (Lipinski definition) is 0. The van der Waals surface area contributed by atoms with E-state index in [1.54, 1.807) is 16.7 Å². The SMILES string of the molecule is COCC(=O)N1CCN(c2ccc(C)c(C)c2)C(=O)C1C. The number of piperazine rings is 1. The first kappa shape index (κ1) is 15.5. The molecular formula is C16H22N2O3. The fourth-order valence-corrected chi connectivity index (χ4v) is 2.57. The molecule has 5 heteroatoms. The number of amides is 2. The molecule has 1 fully saturated rings. The Morgan fingerprint density at radius 3 is 2.62 bits per heavy atom. The van der Waals surface area contributed by atoms with Crippen LogP contribution in [0.25, 0.3) is 0 Å². The fraction of sp³-hybridized carbons (Fsp3) is 0.500. The van der Waals surface area contributed by atoms with Gasteiger partial charge in [0, 0.05) is 25.9 Å². The van der Waals surface area contributed by atoms with E-state index >= 15 is 0 Å². The summed E-state index contributed by atoms with van der Waals surface area (Å²) in [5.41, 5.74) is 3.26. The predicted octanol–water partition coefficient (Wildman–Crippen LogP) is 1.51. The highest BCUT2D eigenvalue weighted by Crippen LogP contribution is 2.23. The summed E-state index contributed by atoms with van der Waals surface area (Å²) in [6.07, 6.45) is 0. The minimum absolute atomic E-state index is 0.0151. The van der Waals surface area contributed by atoms with Crippen LogP contribution in [0.2, 0.25) is 0 Å². The number of carbonyl (C=O) groups is 2. The minimum atomic E-state index is -0.456. The van der Waals surface area contributed by atoms with Crippen LogP contribution in [0.15, 0.2) is 18.2 Å². The van der Waals surface area contributed by atoms with E-state index in [0.717, 1.165) is 11.3 Å². The molecule has 1 aromatic carbocycles. The van der Waals surface area contributed by atoms with Gasteiger partial charge in [0.05, 0.1) is 0 Å². The van der Waals surface area contributed by atoms with Crippen molar-refractivity contribution in [3.8, 4) is 0 Å². The average Bonchev–Trinajstić information content (AvgIpc) is 2.45. The quantitative estimate of drug-likeness (QED) is 0.848. The Morgan fingerprint density at radius 2 is 2.00 bits per heavy atom. The van der Waals surface area contributed by atoms with E-state index in [9.17, 15) is 9.59 Å². The van der Waals surface area contributed by atoms with E-state index in [2.05, 4.69) is 0 Å². The lowest BCUT2D eigenvalue weighted by atomic mass is 10.1. The van der Waals surface area contributed by atoms with Crippen molar-refractivity contribution in [2.75, 3.05) is 31.7 Å². The molecule has 0 aliphatic carbocycles. The van der Waals surface area contributed by atoms with E-state index in [0.29, 0.717) is 13.1 Å². The fourth-order valence-electron chi connectivity index (χ4n) is 2.57. The second kappa shape index (κ2) is 6.26. The molecule has 2 rings (SSSR count). The van der Waals surface area contributed by atoms with E-state index in [1.165, 1.54) is 12.7 Å². The Balaban J connectivity index is 2.17. The smallest absolute Gasteiger partial charge is 0.249 e. The second-order valence-electron chi connectivity index (χ2n) is 5.45. The Kier molecular flexibility index (Phi) is 4.63. The van der Waals surface area contributed by atoms with Crippen LogP contribution in [-0.2, 0) is 14.3 Å². The molecule has 0 aromatic heterocycles. The highest BCUT2D eigenvalue weighted by Gasteiger charge is 2.34. The van der Waals surface area contributed by atoms with Crippen LogP contribution in [0.1, 0.15) is 18.1 Å². The highest BCUT2D eigenvalue weighted by molar-refractivity contribution is 6.00. The molecule has 1 aliphatic heterocycles. The largest absolute Gasteiger partial charge is 0.375 e. The number of hydrogen-bond acceptors (Lipinski definition) is 3. The molecule has 0 radical (unpaired) electrons. The Bertz CT molecular complexity index is 556. The van der Waals surface area contributed by atoms with Crippen molar-refractivity contribution >= 4 is 17.5 Å². The first-order chi connectivity index (χ1) is 9.95. The van der Waals surface area contributed by atoms with Crippen molar-refractivity contribution in [3.05, 3.63) is 29.3 Å². The molecule has 0 N–H and O–H groups in total. The number of rotatable bonds is 3. The predicted molar refractivity (Wildman–Crippen MR) is 81.3 cm³/mol. The third-order valence-corrected chi connectivity index (χ3v) is 4.05. The maximum absolute atomic E-state index is 12.5. The zero-order valence-electron chi connectivity index (χ0n) is 13.0. The molecule has 1 heterocycles. The van der Waals surface area contributed by atoms with Gasteiger partial charge in [0.1, 0.15) is 12.6 Å². The van der Waals surface area contributed by atoms with Crippen molar-refractivity contribution in [3.63, 3.8) is 0 Å². The number of methoxy groups -OCH3 is 1. The summed E-state index contributed by atoms with van der Waals surface area (Å²) in [6, 6.07) is 5.54. The summed E-state index contributed by atoms with van der Waals surface area (Å²) in [4.78, 5) is 27.8. The molecule has 114 valence electrons.